The fourth-order valence-corrected chi connectivity index (χ4v) is 0. The first kappa shape index (κ1) is 15.8. The molecule has 0 unspecified atom stereocenters. The zero-order chi connectivity index (χ0) is 6.71. The molecule has 0 heterocycles. The third-order valence-corrected chi connectivity index (χ3v) is 0. The molecule has 48 valence electrons. The fraction of sp³-hybridized carbons (Fsp3) is 1.00. The Morgan fingerprint density at radius 2 is 0.857 bits per heavy atom. The zero-order valence-electron chi connectivity index (χ0n) is 5.30. The molecule has 0 aliphatic carbocycles. The SMILES string of the molecule is CO.CO.COC. The van der Waals surface area contributed by atoms with Crippen molar-refractivity contribution in [2.45, 2.75) is 0 Å². The number of ether oxygens (including phenoxy) is 1. The summed E-state index contributed by atoms with van der Waals surface area (Å²) in [5.74, 6) is 0. The van der Waals surface area contributed by atoms with Gasteiger partial charge in [-0.05, 0) is 0 Å². The molecule has 0 amide bonds. The topological polar surface area (TPSA) is 49.7 Å². The van der Waals surface area contributed by atoms with Crippen molar-refractivity contribution >= 4 is 0 Å². The Bertz CT molecular complexity index is 6.90. The van der Waals surface area contributed by atoms with Crippen molar-refractivity contribution in [3.8, 4) is 0 Å². The number of aliphatic hydroxyl groups excluding tert-OH is 2. The molecule has 0 spiro atoms. The molecule has 0 saturated carbocycles. The summed E-state index contributed by atoms with van der Waals surface area (Å²) < 4.78 is 4.25. The monoisotopic (exact) mass is 110 g/mol. The van der Waals surface area contributed by atoms with Gasteiger partial charge in [-0.1, -0.05) is 0 Å². The van der Waals surface area contributed by atoms with Crippen LogP contribution in [0.1, 0.15) is 0 Å². The van der Waals surface area contributed by atoms with Gasteiger partial charge in [0.05, 0.1) is 0 Å². The van der Waals surface area contributed by atoms with E-state index in [2.05, 4.69) is 4.74 Å². The van der Waals surface area contributed by atoms with Gasteiger partial charge in [0.25, 0.3) is 0 Å². The van der Waals surface area contributed by atoms with Crippen LogP contribution in [0.4, 0.5) is 0 Å². The standard InChI is InChI=1S/C2H6O.2CH4O/c1-3-2;2*1-2/h1-2H3;2*2H,1H3. The summed E-state index contributed by atoms with van der Waals surface area (Å²) in [7, 11) is 5.25. The van der Waals surface area contributed by atoms with E-state index in [1.807, 2.05) is 0 Å². The van der Waals surface area contributed by atoms with E-state index in [1.54, 1.807) is 14.2 Å². The van der Waals surface area contributed by atoms with Crippen LogP contribution in [-0.2, 0) is 4.74 Å². The summed E-state index contributed by atoms with van der Waals surface area (Å²) in [5.41, 5.74) is 0. The molecule has 0 bridgehead atoms. The van der Waals surface area contributed by atoms with Gasteiger partial charge in [0.1, 0.15) is 0 Å². The van der Waals surface area contributed by atoms with Gasteiger partial charge in [0, 0.05) is 28.4 Å². The van der Waals surface area contributed by atoms with Crippen molar-refractivity contribution in [2.24, 2.45) is 0 Å². The number of hydrogen-bond acceptors (Lipinski definition) is 3. The average Bonchev–Trinajstić information content (AvgIpc) is 1.78. The Morgan fingerprint density at radius 3 is 0.857 bits per heavy atom. The molecular weight excluding hydrogens is 96.0 g/mol. The number of aliphatic hydroxyl groups is 2. The molecule has 0 fully saturated rings. The summed E-state index contributed by atoms with van der Waals surface area (Å²) in [6.07, 6.45) is 0. The van der Waals surface area contributed by atoms with E-state index in [9.17, 15) is 0 Å². The molecule has 0 saturated heterocycles. The Hall–Kier alpha value is -0.120. The molecule has 0 rings (SSSR count). The van der Waals surface area contributed by atoms with Crippen LogP contribution in [0.2, 0.25) is 0 Å². The second-order valence-electron chi connectivity index (χ2n) is 0.408. The molecule has 3 heteroatoms. The van der Waals surface area contributed by atoms with Crippen LogP contribution < -0.4 is 0 Å². The van der Waals surface area contributed by atoms with Crippen molar-refractivity contribution in [1.82, 2.24) is 0 Å². The van der Waals surface area contributed by atoms with Crippen LogP contribution in [0.5, 0.6) is 0 Å². The third kappa shape index (κ3) is 6150. The average molecular weight is 110 g/mol. The van der Waals surface area contributed by atoms with Crippen LogP contribution in [0.25, 0.3) is 0 Å². The summed E-state index contributed by atoms with van der Waals surface area (Å²) in [6, 6.07) is 0. The lowest BCUT2D eigenvalue weighted by Crippen LogP contribution is -1.55. The second kappa shape index (κ2) is 181. The Labute approximate surface area is 44.5 Å². The van der Waals surface area contributed by atoms with Gasteiger partial charge >= 0.3 is 0 Å². The summed E-state index contributed by atoms with van der Waals surface area (Å²) in [6.45, 7) is 0. The largest absolute Gasteiger partial charge is 0.400 e. The van der Waals surface area contributed by atoms with E-state index < -0.39 is 0 Å². The molecule has 0 atom stereocenters. The molecule has 0 aliphatic rings. The minimum atomic E-state index is 1.00. The van der Waals surface area contributed by atoms with Crippen LogP contribution >= 0.6 is 0 Å². The highest BCUT2D eigenvalue weighted by Crippen LogP contribution is 1.28. The van der Waals surface area contributed by atoms with E-state index in [0.717, 1.165) is 14.2 Å². The van der Waals surface area contributed by atoms with E-state index in [0.29, 0.717) is 0 Å². The molecule has 0 aromatic carbocycles. The van der Waals surface area contributed by atoms with Gasteiger partial charge in [-0.25, -0.2) is 0 Å². The van der Waals surface area contributed by atoms with Crippen molar-refractivity contribution in [2.75, 3.05) is 28.4 Å². The highest BCUT2D eigenvalue weighted by atomic mass is 16.4. The molecule has 0 aliphatic heterocycles. The molecule has 2 N–H and O–H groups in total. The first-order chi connectivity index (χ1) is 3.41. The highest BCUT2D eigenvalue weighted by Gasteiger charge is 1.25. The second-order valence-corrected chi connectivity index (χ2v) is 0.408. The maximum Gasteiger partial charge on any atom is 0.0351 e. The van der Waals surface area contributed by atoms with E-state index in [1.165, 1.54) is 0 Å². The zero-order valence-corrected chi connectivity index (χ0v) is 5.30. The van der Waals surface area contributed by atoms with Crippen LogP contribution in [0, 0.1) is 0 Å². The van der Waals surface area contributed by atoms with Gasteiger partial charge in [0.2, 0.25) is 0 Å². The van der Waals surface area contributed by atoms with E-state index in [4.69, 9.17) is 10.2 Å². The van der Waals surface area contributed by atoms with Crippen molar-refractivity contribution in [3.05, 3.63) is 0 Å². The number of rotatable bonds is 0. The number of methoxy groups -OCH3 is 1. The van der Waals surface area contributed by atoms with Crippen molar-refractivity contribution in [1.29, 1.82) is 0 Å². The lowest BCUT2D eigenvalue weighted by Gasteiger charge is -1.61. The van der Waals surface area contributed by atoms with Crippen LogP contribution in [0.15, 0.2) is 0 Å². The van der Waals surface area contributed by atoms with Gasteiger partial charge in [-0.3, -0.25) is 0 Å². The van der Waals surface area contributed by atoms with Crippen molar-refractivity contribution < 1.29 is 14.9 Å². The lowest BCUT2D eigenvalue weighted by atomic mass is 11.6. The van der Waals surface area contributed by atoms with Gasteiger partial charge < -0.3 is 14.9 Å². The maximum atomic E-state index is 7.00. The molecule has 0 aromatic heterocycles. The summed E-state index contributed by atoms with van der Waals surface area (Å²) in [5, 5.41) is 14.0. The normalized spacial score (nSPS) is 4.29. The van der Waals surface area contributed by atoms with Crippen LogP contribution in [0.3, 0.4) is 0 Å². The van der Waals surface area contributed by atoms with Gasteiger partial charge in [-0.2, -0.15) is 0 Å². The Kier molecular flexibility index (Phi) is 408. The first-order valence-electron chi connectivity index (χ1n) is 1.71. The Balaban J connectivity index is -0.0000000360. The van der Waals surface area contributed by atoms with E-state index >= 15 is 0 Å². The quantitative estimate of drug-likeness (QED) is 0.441. The Morgan fingerprint density at radius 1 is 0.857 bits per heavy atom. The molecular formula is C4H14O3. The highest BCUT2D eigenvalue weighted by molar-refractivity contribution is 3.56. The molecule has 7 heavy (non-hydrogen) atoms. The minimum Gasteiger partial charge on any atom is -0.400 e. The molecule has 0 radical (unpaired) electrons. The van der Waals surface area contributed by atoms with Gasteiger partial charge in [0.15, 0.2) is 0 Å². The van der Waals surface area contributed by atoms with Gasteiger partial charge in [-0.15, -0.1) is 0 Å². The van der Waals surface area contributed by atoms with E-state index in [-0.39, 0.29) is 0 Å². The molecule has 0 aromatic rings. The first-order valence-corrected chi connectivity index (χ1v) is 1.71. The summed E-state index contributed by atoms with van der Waals surface area (Å²) >= 11 is 0. The lowest BCUT2D eigenvalue weighted by molar-refractivity contribution is 0.277. The maximum absolute atomic E-state index is 7.00. The third-order valence-electron chi connectivity index (χ3n) is 0. The fourth-order valence-electron chi connectivity index (χ4n) is 0. The van der Waals surface area contributed by atoms with Crippen molar-refractivity contribution in [3.63, 3.8) is 0 Å². The molecule has 3 nitrogen and oxygen atoms in total. The predicted octanol–water partition coefficient (Wildman–Crippen LogP) is -0.520. The predicted molar refractivity (Wildman–Crippen MR) is 29.2 cm³/mol. The number of hydrogen-bond donors (Lipinski definition) is 2. The summed E-state index contributed by atoms with van der Waals surface area (Å²) in [4.78, 5) is 0. The minimum absolute atomic E-state index is 1.00. The smallest absolute Gasteiger partial charge is 0.0351 e. The van der Waals surface area contributed by atoms with Crippen LogP contribution in [-0.4, -0.2) is 38.7 Å².